The molecule has 2 aromatic rings. The smallest absolute Gasteiger partial charge is 0.216 e. The molecule has 0 N–H and O–H groups in total. The lowest BCUT2D eigenvalue weighted by molar-refractivity contribution is 0.392. The number of ether oxygens (including phenoxy) is 1. The highest BCUT2D eigenvalue weighted by Gasteiger charge is 2.06. The molecule has 94 valence electrons. The molecule has 0 aliphatic heterocycles. The van der Waals surface area contributed by atoms with Crippen LogP contribution in [0.25, 0.3) is 11.1 Å². The second-order valence-electron chi connectivity index (χ2n) is 4.15. The zero-order chi connectivity index (χ0) is 13.0. The standard InChI is InChI=1S/C15H16ClNO/c1-3-4-12-9-13(10-17-15(12)18-2)11-5-7-14(16)8-6-11/h5-10H,3-4H2,1-2H3. The monoisotopic (exact) mass is 261 g/mol. The van der Waals surface area contributed by atoms with Crippen molar-refractivity contribution in [2.75, 3.05) is 7.11 Å². The summed E-state index contributed by atoms with van der Waals surface area (Å²) in [5.74, 6) is 0.717. The van der Waals surface area contributed by atoms with Crippen molar-refractivity contribution >= 4 is 11.6 Å². The molecule has 18 heavy (non-hydrogen) atoms. The molecule has 0 fully saturated rings. The summed E-state index contributed by atoms with van der Waals surface area (Å²) >= 11 is 5.89. The SMILES string of the molecule is CCCc1cc(-c2ccc(Cl)cc2)cnc1OC. The molecule has 3 heteroatoms. The van der Waals surface area contributed by atoms with Gasteiger partial charge < -0.3 is 4.74 Å². The molecular weight excluding hydrogens is 246 g/mol. The van der Waals surface area contributed by atoms with Gasteiger partial charge >= 0.3 is 0 Å². The normalized spacial score (nSPS) is 10.4. The van der Waals surface area contributed by atoms with Gasteiger partial charge in [-0.3, -0.25) is 0 Å². The fraction of sp³-hybridized carbons (Fsp3) is 0.267. The molecule has 1 aromatic heterocycles. The van der Waals surface area contributed by atoms with E-state index in [0.717, 1.165) is 40.4 Å². The highest BCUT2D eigenvalue weighted by Crippen LogP contribution is 2.26. The Labute approximate surface area is 113 Å². The van der Waals surface area contributed by atoms with Crippen molar-refractivity contribution < 1.29 is 4.74 Å². The van der Waals surface area contributed by atoms with Crippen LogP contribution in [-0.2, 0) is 6.42 Å². The number of rotatable bonds is 4. The second-order valence-corrected chi connectivity index (χ2v) is 4.59. The van der Waals surface area contributed by atoms with Crippen molar-refractivity contribution in [2.45, 2.75) is 19.8 Å². The van der Waals surface area contributed by atoms with Crippen molar-refractivity contribution in [3.05, 3.63) is 47.1 Å². The fourth-order valence-corrected chi connectivity index (χ4v) is 2.06. The molecule has 2 nitrogen and oxygen atoms in total. The number of nitrogens with zero attached hydrogens (tertiary/aromatic N) is 1. The first kappa shape index (κ1) is 12.9. The van der Waals surface area contributed by atoms with E-state index in [1.165, 1.54) is 0 Å². The number of methoxy groups -OCH3 is 1. The minimum atomic E-state index is 0.717. The maximum Gasteiger partial charge on any atom is 0.216 e. The van der Waals surface area contributed by atoms with E-state index >= 15 is 0 Å². The Kier molecular flexibility index (Phi) is 4.21. The Hall–Kier alpha value is -1.54. The first-order valence-corrected chi connectivity index (χ1v) is 6.41. The Bertz CT molecular complexity index is 523. The van der Waals surface area contributed by atoms with Gasteiger partial charge in [0.2, 0.25) is 5.88 Å². The van der Waals surface area contributed by atoms with Crippen molar-refractivity contribution in [3.8, 4) is 17.0 Å². The van der Waals surface area contributed by atoms with E-state index in [-0.39, 0.29) is 0 Å². The molecule has 0 saturated heterocycles. The lowest BCUT2D eigenvalue weighted by atomic mass is 10.0. The van der Waals surface area contributed by atoms with Gasteiger partial charge in [-0.2, -0.15) is 0 Å². The van der Waals surface area contributed by atoms with Crippen LogP contribution in [0, 0.1) is 0 Å². The van der Waals surface area contributed by atoms with Gasteiger partial charge in [-0.25, -0.2) is 4.98 Å². The molecule has 0 radical (unpaired) electrons. The molecule has 2 rings (SSSR count). The van der Waals surface area contributed by atoms with E-state index in [4.69, 9.17) is 16.3 Å². The molecule has 0 aliphatic carbocycles. The van der Waals surface area contributed by atoms with Crippen LogP contribution in [0.1, 0.15) is 18.9 Å². The number of hydrogen-bond donors (Lipinski definition) is 0. The van der Waals surface area contributed by atoms with Gasteiger partial charge in [0.25, 0.3) is 0 Å². The highest BCUT2D eigenvalue weighted by molar-refractivity contribution is 6.30. The Morgan fingerprint density at radius 1 is 1.17 bits per heavy atom. The average molecular weight is 262 g/mol. The predicted octanol–water partition coefficient (Wildman–Crippen LogP) is 4.36. The first-order valence-electron chi connectivity index (χ1n) is 6.03. The average Bonchev–Trinajstić information content (AvgIpc) is 2.40. The van der Waals surface area contributed by atoms with Crippen LogP contribution in [0.3, 0.4) is 0 Å². The summed E-state index contributed by atoms with van der Waals surface area (Å²) in [6.07, 6.45) is 3.88. The maximum absolute atomic E-state index is 5.89. The van der Waals surface area contributed by atoms with Crippen molar-refractivity contribution in [2.24, 2.45) is 0 Å². The van der Waals surface area contributed by atoms with Crippen LogP contribution in [0.2, 0.25) is 5.02 Å². The highest BCUT2D eigenvalue weighted by atomic mass is 35.5. The molecule has 1 aromatic carbocycles. The number of aromatic nitrogens is 1. The molecule has 0 atom stereocenters. The molecule has 1 heterocycles. The summed E-state index contributed by atoms with van der Waals surface area (Å²) in [5, 5.41) is 0.744. The Morgan fingerprint density at radius 3 is 2.50 bits per heavy atom. The molecule has 0 saturated carbocycles. The number of benzene rings is 1. The second kappa shape index (κ2) is 5.87. The Balaban J connectivity index is 2.39. The van der Waals surface area contributed by atoms with E-state index in [0.29, 0.717) is 0 Å². The van der Waals surface area contributed by atoms with Crippen molar-refractivity contribution in [1.82, 2.24) is 4.98 Å². The van der Waals surface area contributed by atoms with E-state index in [1.807, 2.05) is 30.5 Å². The predicted molar refractivity (Wildman–Crippen MR) is 75.2 cm³/mol. The third-order valence-electron chi connectivity index (χ3n) is 2.82. The number of aryl methyl sites for hydroxylation is 1. The van der Waals surface area contributed by atoms with E-state index in [2.05, 4.69) is 18.0 Å². The number of halogens is 1. The van der Waals surface area contributed by atoms with Crippen LogP contribution in [0.15, 0.2) is 36.5 Å². The van der Waals surface area contributed by atoms with Crippen LogP contribution < -0.4 is 4.74 Å². The van der Waals surface area contributed by atoms with Crippen LogP contribution in [0.4, 0.5) is 0 Å². The largest absolute Gasteiger partial charge is 0.481 e. The van der Waals surface area contributed by atoms with Crippen LogP contribution in [-0.4, -0.2) is 12.1 Å². The third-order valence-corrected chi connectivity index (χ3v) is 3.07. The van der Waals surface area contributed by atoms with Gasteiger partial charge in [0.15, 0.2) is 0 Å². The van der Waals surface area contributed by atoms with Crippen molar-refractivity contribution in [1.29, 1.82) is 0 Å². The minimum absolute atomic E-state index is 0.717. The third kappa shape index (κ3) is 2.82. The molecule has 0 spiro atoms. The number of hydrogen-bond acceptors (Lipinski definition) is 2. The van der Waals surface area contributed by atoms with Crippen LogP contribution in [0.5, 0.6) is 5.88 Å². The van der Waals surface area contributed by atoms with E-state index in [9.17, 15) is 0 Å². The van der Waals surface area contributed by atoms with Crippen molar-refractivity contribution in [3.63, 3.8) is 0 Å². The lowest BCUT2D eigenvalue weighted by Crippen LogP contribution is -1.95. The summed E-state index contributed by atoms with van der Waals surface area (Å²) < 4.78 is 5.28. The quantitative estimate of drug-likeness (QED) is 0.816. The van der Waals surface area contributed by atoms with E-state index in [1.54, 1.807) is 7.11 Å². The molecule has 0 bridgehead atoms. The van der Waals surface area contributed by atoms with Gasteiger partial charge in [-0.15, -0.1) is 0 Å². The summed E-state index contributed by atoms with van der Waals surface area (Å²) in [7, 11) is 1.66. The number of pyridine rings is 1. The topological polar surface area (TPSA) is 22.1 Å². The Morgan fingerprint density at radius 2 is 1.89 bits per heavy atom. The van der Waals surface area contributed by atoms with Gasteiger partial charge in [0.05, 0.1) is 7.11 Å². The van der Waals surface area contributed by atoms with Gasteiger partial charge in [0.1, 0.15) is 0 Å². The minimum Gasteiger partial charge on any atom is -0.481 e. The zero-order valence-electron chi connectivity index (χ0n) is 10.6. The van der Waals surface area contributed by atoms with Gasteiger partial charge in [0, 0.05) is 22.3 Å². The lowest BCUT2D eigenvalue weighted by Gasteiger charge is -2.09. The first-order chi connectivity index (χ1) is 8.74. The van der Waals surface area contributed by atoms with E-state index < -0.39 is 0 Å². The van der Waals surface area contributed by atoms with Gasteiger partial charge in [-0.1, -0.05) is 37.1 Å². The van der Waals surface area contributed by atoms with Gasteiger partial charge in [-0.05, 0) is 30.2 Å². The maximum atomic E-state index is 5.89. The molecule has 0 amide bonds. The summed E-state index contributed by atoms with van der Waals surface area (Å²) in [5.41, 5.74) is 3.36. The zero-order valence-corrected chi connectivity index (χ0v) is 11.4. The molecule has 0 unspecified atom stereocenters. The van der Waals surface area contributed by atoms with Crippen LogP contribution >= 0.6 is 11.6 Å². The molecule has 0 aliphatic rings. The fourth-order valence-electron chi connectivity index (χ4n) is 1.93. The summed E-state index contributed by atoms with van der Waals surface area (Å²) in [4.78, 5) is 4.36. The summed E-state index contributed by atoms with van der Waals surface area (Å²) in [6, 6.07) is 9.92. The molecular formula is C15H16ClNO. The summed E-state index contributed by atoms with van der Waals surface area (Å²) in [6.45, 7) is 2.15.